The maximum Gasteiger partial charge on any atom is 0.350 e. The summed E-state index contributed by atoms with van der Waals surface area (Å²) < 4.78 is 1.87. The van der Waals surface area contributed by atoms with Crippen molar-refractivity contribution in [2.45, 2.75) is 6.92 Å². The normalized spacial score (nSPS) is 11.3. The lowest BCUT2D eigenvalue weighted by molar-refractivity contribution is -0.658. The summed E-state index contributed by atoms with van der Waals surface area (Å²) in [6, 6.07) is 9.53. The first-order valence-electron chi connectivity index (χ1n) is 5.82. The van der Waals surface area contributed by atoms with Gasteiger partial charge in [0.05, 0.1) is 18.4 Å². The Kier molecular flexibility index (Phi) is 4.28. The van der Waals surface area contributed by atoms with Crippen LogP contribution in [0.15, 0.2) is 58.1 Å². The van der Waals surface area contributed by atoms with Gasteiger partial charge < -0.3 is 0 Å². The van der Waals surface area contributed by atoms with E-state index in [4.69, 9.17) is 0 Å². The molecule has 0 spiro atoms. The number of pyridine rings is 2. The molecule has 1 N–H and O–H groups in total. The second-order valence-corrected chi connectivity index (χ2v) is 3.91. The first kappa shape index (κ1) is 12.8. The fourth-order valence-corrected chi connectivity index (χ4v) is 1.42. The smallest absolute Gasteiger partial charge is 0.260 e. The summed E-state index contributed by atoms with van der Waals surface area (Å²) in [6.45, 7) is 1.95. The van der Waals surface area contributed by atoms with Crippen LogP contribution in [-0.2, 0) is 7.05 Å². The molecule has 0 aliphatic carbocycles. The van der Waals surface area contributed by atoms with Gasteiger partial charge in [0, 0.05) is 12.3 Å². The number of hydrogen-bond acceptors (Lipinski definition) is 4. The van der Waals surface area contributed by atoms with Gasteiger partial charge in [-0.05, 0) is 29.7 Å². The molecular weight excluding hydrogens is 240 g/mol. The van der Waals surface area contributed by atoms with Crippen LogP contribution in [0.1, 0.15) is 5.56 Å². The summed E-state index contributed by atoms with van der Waals surface area (Å²) >= 11 is 0. The zero-order valence-electron chi connectivity index (χ0n) is 10.9. The Morgan fingerprint density at radius 2 is 2.16 bits per heavy atom. The molecule has 19 heavy (non-hydrogen) atoms. The van der Waals surface area contributed by atoms with Crippen LogP contribution in [0.3, 0.4) is 0 Å². The van der Waals surface area contributed by atoms with Gasteiger partial charge in [-0.15, -0.1) is 0 Å². The maximum atomic E-state index is 4.15. The highest BCUT2D eigenvalue weighted by molar-refractivity contribution is 5.57. The van der Waals surface area contributed by atoms with E-state index in [0.29, 0.717) is 5.82 Å². The first-order chi connectivity index (χ1) is 9.27. The van der Waals surface area contributed by atoms with Gasteiger partial charge in [-0.2, -0.15) is 5.10 Å². The monoisotopic (exact) mass is 255 g/mol. The van der Waals surface area contributed by atoms with E-state index in [1.807, 2.05) is 55.1 Å². The largest absolute Gasteiger partial charge is 0.350 e. The van der Waals surface area contributed by atoms with Crippen molar-refractivity contribution in [3.05, 3.63) is 48.3 Å². The molecule has 2 heterocycles. The lowest BCUT2D eigenvalue weighted by Crippen LogP contribution is -2.26. The van der Waals surface area contributed by atoms with E-state index in [9.17, 15) is 0 Å². The van der Waals surface area contributed by atoms with E-state index in [1.54, 1.807) is 6.20 Å². The highest BCUT2D eigenvalue weighted by atomic mass is 15.3. The number of hydrogen-bond donors (Lipinski definition) is 1. The van der Waals surface area contributed by atoms with Gasteiger partial charge >= 0.3 is 5.82 Å². The van der Waals surface area contributed by atoms with Gasteiger partial charge in [0.15, 0.2) is 6.34 Å². The number of hydrazone groups is 1. The third-order valence-corrected chi connectivity index (χ3v) is 2.48. The van der Waals surface area contributed by atoms with Crippen LogP contribution >= 0.6 is 0 Å². The molecule has 0 aliphatic heterocycles. The molecule has 0 fully saturated rings. The molecule has 96 valence electrons. The van der Waals surface area contributed by atoms with Crippen LogP contribution in [0, 0.1) is 6.92 Å². The zero-order chi connectivity index (χ0) is 13.5. The maximum absolute atomic E-state index is 4.15. The van der Waals surface area contributed by atoms with Gasteiger partial charge in [0.2, 0.25) is 0 Å². The summed E-state index contributed by atoms with van der Waals surface area (Å²) in [5.41, 5.74) is 3.83. The minimum Gasteiger partial charge on any atom is -0.260 e. The standard InChI is InChI=1S/C13H14N6/c1-11-6-5-8-14-13(11)18-16-10-15-17-12-7-3-4-9-19(12)2/h3-10H,1-2H3/p+1. The average molecular weight is 255 g/mol. The molecule has 0 radical (unpaired) electrons. The fraction of sp³-hybridized carbons (Fsp3) is 0.154. The molecule has 0 amide bonds. The SMILES string of the molecule is Cc1cccnc1N/N=C/N=Nc1cccc[n+]1C. The highest BCUT2D eigenvalue weighted by Crippen LogP contribution is 2.08. The van der Waals surface area contributed by atoms with Crippen molar-refractivity contribution in [2.24, 2.45) is 22.4 Å². The van der Waals surface area contributed by atoms with Crippen LogP contribution in [0.2, 0.25) is 0 Å². The van der Waals surface area contributed by atoms with Crippen molar-refractivity contribution in [3.63, 3.8) is 0 Å². The Hall–Kier alpha value is -2.63. The Balaban J connectivity index is 1.94. The topological polar surface area (TPSA) is 65.9 Å². The average Bonchev–Trinajstić information content (AvgIpc) is 2.42. The van der Waals surface area contributed by atoms with E-state index >= 15 is 0 Å². The van der Waals surface area contributed by atoms with E-state index in [0.717, 1.165) is 11.4 Å². The molecule has 0 unspecified atom stereocenters. The van der Waals surface area contributed by atoms with Crippen molar-refractivity contribution in [2.75, 3.05) is 5.43 Å². The van der Waals surface area contributed by atoms with Gasteiger partial charge in [0.1, 0.15) is 5.82 Å². The van der Waals surface area contributed by atoms with Crippen molar-refractivity contribution in [1.82, 2.24) is 4.98 Å². The molecule has 6 heteroatoms. The van der Waals surface area contributed by atoms with Crippen LogP contribution in [0.4, 0.5) is 11.6 Å². The van der Waals surface area contributed by atoms with Crippen molar-refractivity contribution < 1.29 is 4.57 Å². The molecule has 0 aliphatic rings. The lowest BCUT2D eigenvalue weighted by Gasteiger charge is -2.00. The first-order valence-corrected chi connectivity index (χ1v) is 5.82. The second kappa shape index (κ2) is 6.34. The number of nitrogens with zero attached hydrogens (tertiary/aromatic N) is 5. The Labute approximate surface area is 111 Å². The van der Waals surface area contributed by atoms with E-state index < -0.39 is 0 Å². The van der Waals surface area contributed by atoms with Crippen LogP contribution in [-0.4, -0.2) is 11.3 Å². The summed E-state index contributed by atoms with van der Waals surface area (Å²) in [5, 5.41) is 11.8. The van der Waals surface area contributed by atoms with Gasteiger partial charge in [0.25, 0.3) is 0 Å². The van der Waals surface area contributed by atoms with Gasteiger partial charge in [-0.3, -0.25) is 5.43 Å². The van der Waals surface area contributed by atoms with Gasteiger partial charge in [-0.25, -0.2) is 9.55 Å². The highest BCUT2D eigenvalue weighted by Gasteiger charge is 2.01. The van der Waals surface area contributed by atoms with E-state index in [1.165, 1.54) is 6.34 Å². The number of azo groups is 1. The van der Waals surface area contributed by atoms with Crippen molar-refractivity contribution >= 4 is 18.0 Å². The van der Waals surface area contributed by atoms with Gasteiger partial charge in [-0.1, -0.05) is 12.1 Å². The van der Waals surface area contributed by atoms with E-state index in [-0.39, 0.29) is 0 Å². The van der Waals surface area contributed by atoms with Crippen LogP contribution < -0.4 is 9.99 Å². The van der Waals surface area contributed by atoms with E-state index in [2.05, 4.69) is 25.7 Å². The number of aromatic nitrogens is 2. The van der Waals surface area contributed by atoms with Crippen LogP contribution in [0.25, 0.3) is 0 Å². The molecule has 0 saturated heterocycles. The summed E-state index contributed by atoms with van der Waals surface area (Å²) in [7, 11) is 1.90. The Bertz CT molecular complexity index is 606. The van der Waals surface area contributed by atoms with Crippen LogP contribution in [0.5, 0.6) is 0 Å². The molecular formula is C13H15N6+. The molecule has 0 bridgehead atoms. The molecule has 2 aromatic heterocycles. The zero-order valence-corrected chi connectivity index (χ0v) is 10.9. The quantitative estimate of drug-likeness (QED) is 0.299. The second-order valence-electron chi connectivity index (χ2n) is 3.91. The molecule has 0 aromatic carbocycles. The Morgan fingerprint density at radius 3 is 2.95 bits per heavy atom. The minimum atomic E-state index is 0.708. The molecule has 2 rings (SSSR count). The number of aryl methyl sites for hydroxylation is 2. The third-order valence-electron chi connectivity index (χ3n) is 2.48. The Morgan fingerprint density at radius 1 is 1.26 bits per heavy atom. The minimum absolute atomic E-state index is 0.708. The predicted molar refractivity (Wildman–Crippen MR) is 73.2 cm³/mol. The lowest BCUT2D eigenvalue weighted by atomic mass is 10.3. The third kappa shape index (κ3) is 3.67. The molecule has 0 saturated carbocycles. The fourth-order valence-electron chi connectivity index (χ4n) is 1.42. The summed E-state index contributed by atoms with van der Waals surface area (Å²) in [6.07, 6.45) is 4.96. The summed E-state index contributed by atoms with van der Waals surface area (Å²) in [5.74, 6) is 1.46. The predicted octanol–water partition coefficient (Wildman–Crippen LogP) is 2.35. The molecule has 2 aromatic rings. The van der Waals surface area contributed by atoms with Crippen molar-refractivity contribution in [3.8, 4) is 0 Å². The molecule has 0 atom stereocenters. The summed E-state index contributed by atoms with van der Waals surface area (Å²) in [4.78, 5) is 4.15. The molecule has 6 nitrogen and oxygen atoms in total. The number of nitrogens with one attached hydrogen (secondary N) is 1. The number of rotatable bonds is 4. The van der Waals surface area contributed by atoms with Crippen molar-refractivity contribution in [1.29, 1.82) is 0 Å². The number of anilines is 1.